The molecule has 1 spiro atoms. The van der Waals surface area contributed by atoms with Crippen molar-refractivity contribution in [2.75, 3.05) is 7.11 Å². The monoisotopic (exact) mass is 444 g/mol. The molecule has 5 saturated carbocycles. The zero-order valence-corrected chi connectivity index (χ0v) is 21.7. The van der Waals surface area contributed by atoms with Crippen molar-refractivity contribution in [3.05, 3.63) is 0 Å². The van der Waals surface area contributed by atoms with Crippen LogP contribution in [0.2, 0.25) is 0 Å². The zero-order chi connectivity index (χ0) is 22.9. The quantitative estimate of drug-likeness (QED) is 0.512. The maximum Gasteiger partial charge on any atom is 0.0971 e. The van der Waals surface area contributed by atoms with E-state index in [9.17, 15) is 5.11 Å². The number of fused-ring (bicyclic) bond motifs is 4. The van der Waals surface area contributed by atoms with Crippen molar-refractivity contribution < 1.29 is 14.6 Å². The van der Waals surface area contributed by atoms with Gasteiger partial charge in [-0.2, -0.15) is 0 Å². The second kappa shape index (κ2) is 6.55. The summed E-state index contributed by atoms with van der Waals surface area (Å²) >= 11 is 0. The molecule has 12 atom stereocenters. The molecule has 0 unspecified atom stereocenters. The van der Waals surface area contributed by atoms with Gasteiger partial charge < -0.3 is 14.6 Å². The molecular weight excluding hydrogens is 396 g/mol. The van der Waals surface area contributed by atoms with E-state index in [4.69, 9.17) is 9.47 Å². The van der Waals surface area contributed by atoms with E-state index in [1.165, 1.54) is 51.4 Å². The molecule has 1 aliphatic heterocycles. The summed E-state index contributed by atoms with van der Waals surface area (Å²) in [5, 5.41) is 11.3. The first-order chi connectivity index (χ1) is 14.9. The van der Waals surface area contributed by atoms with Gasteiger partial charge in [0.25, 0.3) is 0 Å². The number of ether oxygens (including phenoxy) is 2. The third-order valence-electron chi connectivity index (χ3n) is 13.5. The van der Waals surface area contributed by atoms with E-state index in [-0.39, 0.29) is 17.3 Å². The lowest BCUT2D eigenvalue weighted by Crippen LogP contribution is -2.57. The van der Waals surface area contributed by atoms with Crippen LogP contribution in [0, 0.1) is 51.8 Å². The van der Waals surface area contributed by atoms with Gasteiger partial charge in [-0.3, -0.25) is 0 Å². The van der Waals surface area contributed by atoms with Gasteiger partial charge in [-0.15, -0.1) is 0 Å². The van der Waals surface area contributed by atoms with Gasteiger partial charge in [-0.25, -0.2) is 0 Å². The third-order valence-corrected chi connectivity index (χ3v) is 13.5. The molecule has 6 rings (SSSR count). The number of hydrogen-bond donors (Lipinski definition) is 1. The molecule has 1 heterocycles. The highest BCUT2D eigenvalue weighted by Crippen LogP contribution is 2.82. The Morgan fingerprint density at radius 3 is 2.34 bits per heavy atom. The van der Waals surface area contributed by atoms with E-state index in [1.54, 1.807) is 0 Å². The van der Waals surface area contributed by atoms with E-state index in [1.807, 2.05) is 7.11 Å². The molecule has 182 valence electrons. The van der Waals surface area contributed by atoms with E-state index in [0.717, 1.165) is 30.1 Å². The summed E-state index contributed by atoms with van der Waals surface area (Å²) in [7, 11) is 1.99. The van der Waals surface area contributed by atoms with Gasteiger partial charge in [0.15, 0.2) is 0 Å². The first-order valence-electron chi connectivity index (χ1n) is 13.8. The van der Waals surface area contributed by atoms with Gasteiger partial charge >= 0.3 is 0 Å². The summed E-state index contributed by atoms with van der Waals surface area (Å²) in [6, 6.07) is 0. The minimum absolute atomic E-state index is 0.0848. The van der Waals surface area contributed by atoms with Crippen LogP contribution in [0.4, 0.5) is 0 Å². The van der Waals surface area contributed by atoms with Crippen LogP contribution in [0.25, 0.3) is 0 Å². The van der Waals surface area contributed by atoms with Crippen molar-refractivity contribution in [2.24, 2.45) is 51.8 Å². The largest absolute Gasteiger partial charge is 0.393 e. The van der Waals surface area contributed by atoms with Crippen LogP contribution in [0.15, 0.2) is 0 Å². The fraction of sp³-hybridized carbons (Fsp3) is 1.00. The summed E-state index contributed by atoms with van der Waals surface area (Å²) < 4.78 is 12.3. The lowest BCUT2D eigenvalue weighted by molar-refractivity contribution is -0.162. The molecule has 0 aromatic rings. The maximum atomic E-state index is 11.3. The Balaban J connectivity index is 1.23. The van der Waals surface area contributed by atoms with Gasteiger partial charge in [0.2, 0.25) is 0 Å². The Kier molecular flexibility index (Phi) is 4.57. The Hall–Kier alpha value is -0.120. The molecule has 32 heavy (non-hydrogen) atoms. The molecule has 5 aliphatic carbocycles. The van der Waals surface area contributed by atoms with Gasteiger partial charge in [-0.1, -0.05) is 20.8 Å². The van der Waals surface area contributed by atoms with Crippen molar-refractivity contribution in [1.29, 1.82) is 0 Å². The Bertz CT molecular complexity index is 793. The number of aliphatic hydroxyl groups excluding tert-OH is 1. The van der Waals surface area contributed by atoms with E-state index in [0.29, 0.717) is 34.2 Å². The summed E-state index contributed by atoms with van der Waals surface area (Å²) in [4.78, 5) is 0. The van der Waals surface area contributed by atoms with Crippen LogP contribution in [-0.2, 0) is 9.47 Å². The summed E-state index contributed by atoms with van der Waals surface area (Å²) in [6.07, 6.45) is 12.1. The Morgan fingerprint density at radius 2 is 1.72 bits per heavy atom. The lowest BCUT2D eigenvalue weighted by atomic mass is 9.45. The van der Waals surface area contributed by atoms with Crippen LogP contribution in [0.3, 0.4) is 0 Å². The minimum atomic E-state index is -0.263. The fourth-order valence-electron chi connectivity index (χ4n) is 11.2. The molecule has 3 nitrogen and oxygen atoms in total. The topological polar surface area (TPSA) is 42.0 Å². The lowest BCUT2D eigenvalue weighted by Gasteiger charge is -2.61. The molecule has 0 radical (unpaired) electrons. The van der Waals surface area contributed by atoms with Crippen molar-refractivity contribution in [1.82, 2.24) is 0 Å². The molecule has 0 bridgehead atoms. The van der Waals surface area contributed by atoms with Crippen LogP contribution < -0.4 is 0 Å². The second-order valence-corrected chi connectivity index (χ2v) is 14.4. The van der Waals surface area contributed by atoms with Crippen LogP contribution in [0.1, 0.15) is 99.3 Å². The number of methoxy groups -OCH3 is 1. The van der Waals surface area contributed by atoms with Crippen molar-refractivity contribution >= 4 is 0 Å². The van der Waals surface area contributed by atoms with E-state index >= 15 is 0 Å². The van der Waals surface area contributed by atoms with Crippen LogP contribution >= 0.6 is 0 Å². The fourth-order valence-corrected chi connectivity index (χ4v) is 11.2. The van der Waals surface area contributed by atoms with Gasteiger partial charge in [0.1, 0.15) is 0 Å². The van der Waals surface area contributed by atoms with Crippen molar-refractivity contribution in [2.45, 2.75) is 123 Å². The van der Waals surface area contributed by atoms with Gasteiger partial charge in [-0.05, 0) is 118 Å². The summed E-state index contributed by atoms with van der Waals surface area (Å²) in [5.41, 5.74) is 1.17. The number of hydrogen-bond acceptors (Lipinski definition) is 3. The molecule has 3 heteroatoms. The molecule has 0 aromatic heterocycles. The normalized spacial score (nSPS) is 58.9. The summed E-state index contributed by atoms with van der Waals surface area (Å²) in [5.74, 6) is 4.48. The molecular formula is C29H48O3. The molecule has 6 aliphatic rings. The number of rotatable bonds is 5. The zero-order valence-electron chi connectivity index (χ0n) is 21.7. The number of aliphatic hydroxyl groups is 1. The average molecular weight is 445 g/mol. The SMILES string of the molecule is CO[C@@H]1C[C@H]2[C@@H]3CC[C@H]([C@H](C)[C@@H](O)C[C@@]4(C)OC4(C)C)[C@@]3(C)CC[C@@H]2[C@@]2(C)CC[C@@H]3C[C@]312. The minimum Gasteiger partial charge on any atom is -0.393 e. The highest BCUT2D eigenvalue weighted by atomic mass is 16.6. The van der Waals surface area contributed by atoms with E-state index < -0.39 is 0 Å². The number of epoxide rings is 1. The predicted molar refractivity (Wildman–Crippen MR) is 127 cm³/mol. The molecule has 6 fully saturated rings. The van der Waals surface area contributed by atoms with Crippen LogP contribution in [-0.4, -0.2) is 35.6 Å². The maximum absolute atomic E-state index is 11.3. The summed E-state index contributed by atoms with van der Waals surface area (Å²) in [6.45, 7) is 14.1. The highest BCUT2D eigenvalue weighted by Gasteiger charge is 2.77. The smallest absolute Gasteiger partial charge is 0.0971 e. The highest BCUT2D eigenvalue weighted by molar-refractivity contribution is 5.26. The van der Waals surface area contributed by atoms with Crippen molar-refractivity contribution in [3.63, 3.8) is 0 Å². The molecule has 0 amide bonds. The van der Waals surface area contributed by atoms with Crippen LogP contribution in [0.5, 0.6) is 0 Å². The predicted octanol–water partition coefficient (Wildman–Crippen LogP) is 6.22. The van der Waals surface area contributed by atoms with Crippen molar-refractivity contribution in [3.8, 4) is 0 Å². The van der Waals surface area contributed by atoms with E-state index in [2.05, 4.69) is 41.5 Å². The standard InChI is InChI=1S/C29H48O3/c1-17(23(30)16-28(6)25(2,3)32-28)20-8-9-21-19-14-24(31-7)29-15-18(29)10-13-27(29,5)22(19)11-12-26(20,21)4/h17-24,30H,8-16H2,1-7H3/t17-,18+,19-,20+,21-,22-,23-,24+,26+,27+,28+,29-/m0/s1. The third kappa shape index (κ3) is 2.55. The first kappa shape index (κ1) is 22.4. The average Bonchev–Trinajstić information content (AvgIpc) is 3.45. The van der Waals surface area contributed by atoms with Gasteiger partial charge in [0, 0.05) is 18.9 Å². The Morgan fingerprint density at radius 1 is 1.00 bits per heavy atom. The van der Waals surface area contributed by atoms with Gasteiger partial charge in [0.05, 0.1) is 23.4 Å². The second-order valence-electron chi connectivity index (χ2n) is 14.4. The molecule has 1 saturated heterocycles. The molecule has 0 aromatic carbocycles. The Labute approximate surface area is 196 Å². The first-order valence-corrected chi connectivity index (χ1v) is 13.8. The molecule has 1 N–H and O–H groups in total.